The van der Waals surface area contributed by atoms with Crippen molar-refractivity contribution in [2.75, 3.05) is 0 Å². The summed E-state index contributed by atoms with van der Waals surface area (Å²) in [6.45, 7) is 2.11. The highest BCUT2D eigenvalue weighted by Gasteiger charge is 2.11. The van der Waals surface area contributed by atoms with Gasteiger partial charge in [-0.3, -0.25) is 9.78 Å². The monoisotopic (exact) mass is 217 g/mol. The molecule has 0 spiro atoms. The predicted molar refractivity (Wildman–Crippen MR) is 56.6 cm³/mol. The van der Waals surface area contributed by atoms with E-state index >= 15 is 0 Å². The highest BCUT2D eigenvalue weighted by atomic mass is 16.5. The van der Waals surface area contributed by atoms with Gasteiger partial charge in [0.25, 0.3) is 5.91 Å². The number of carbonyl (C=O) groups excluding carboxylic acids is 1. The molecule has 0 aliphatic rings. The third kappa shape index (κ3) is 2.25. The number of rotatable bonds is 3. The van der Waals surface area contributed by atoms with Gasteiger partial charge in [0.05, 0.1) is 17.9 Å². The zero-order valence-corrected chi connectivity index (χ0v) is 8.80. The van der Waals surface area contributed by atoms with Crippen LogP contribution in [-0.4, -0.2) is 16.0 Å². The third-order valence-electron chi connectivity index (χ3n) is 2.15. The van der Waals surface area contributed by atoms with Crippen molar-refractivity contribution in [1.29, 1.82) is 0 Å². The van der Waals surface area contributed by atoms with Crippen LogP contribution < -0.4 is 5.32 Å². The van der Waals surface area contributed by atoms with Crippen molar-refractivity contribution in [3.8, 4) is 0 Å². The van der Waals surface area contributed by atoms with Gasteiger partial charge in [-0.05, 0) is 19.1 Å². The van der Waals surface area contributed by atoms with E-state index in [1.54, 1.807) is 13.1 Å². The summed E-state index contributed by atoms with van der Waals surface area (Å²) in [7, 11) is 0. The molecule has 2 heterocycles. The van der Waals surface area contributed by atoms with Gasteiger partial charge in [-0.25, -0.2) is 0 Å². The topological polar surface area (TPSA) is 68.0 Å². The number of nitrogens with one attached hydrogen (secondary N) is 1. The van der Waals surface area contributed by atoms with E-state index in [9.17, 15) is 4.79 Å². The average molecular weight is 217 g/mol. The first-order valence-corrected chi connectivity index (χ1v) is 4.86. The van der Waals surface area contributed by atoms with Crippen LogP contribution in [0.1, 0.15) is 21.7 Å². The van der Waals surface area contributed by atoms with E-state index in [0.29, 0.717) is 17.8 Å². The SMILES string of the molecule is Cc1nocc1C(=O)NCc1ccccn1. The second kappa shape index (κ2) is 4.57. The molecule has 2 aromatic rings. The zero-order valence-electron chi connectivity index (χ0n) is 8.80. The minimum atomic E-state index is -0.204. The van der Waals surface area contributed by atoms with Crippen LogP contribution in [0.3, 0.4) is 0 Å². The lowest BCUT2D eigenvalue weighted by atomic mass is 10.2. The molecule has 0 saturated carbocycles. The van der Waals surface area contributed by atoms with E-state index in [1.165, 1.54) is 6.26 Å². The largest absolute Gasteiger partial charge is 0.364 e. The Hall–Kier alpha value is -2.17. The quantitative estimate of drug-likeness (QED) is 0.841. The number of carbonyl (C=O) groups is 1. The molecule has 5 heteroatoms. The zero-order chi connectivity index (χ0) is 11.4. The van der Waals surface area contributed by atoms with Gasteiger partial charge in [-0.1, -0.05) is 11.2 Å². The van der Waals surface area contributed by atoms with Crippen molar-refractivity contribution >= 4 is 5.91 Å². The van der Waals surface area contributed by atoms with Gasteiger partial charge in [-0.15, -0.1) is 0 Å². The Bertz CT molecular complexity index is 479. The van der Waals surface area contributed by atoms with Crippen molar-refractivity contribution in [2.24, 2.45) is 0 Å². The molecule has 0 saturated heterocycles. The standard InChI is InChI=1S/C11H11N3O2/c1-8-10(7-16-14-8)11(15)13-6-9-4-2-3-5-12-9/h2-5,7H,6H2,1H3,(H,13,15). The third-order valence-corrected chi connectivity index (χ3v) is 2.15. The van der Waals surface area contributed by atoms with Gasteiger partial charge in [0, 0.05) is 6.20 Å². The van der Waals surface area contributed by atoms with Crippen LogP contribution in [0.4, 0.5) is 0 Å². The van der Waals surface area contributed by atoms with Gasteiger partial charge in [0.2, 0.25) is 0 Å². The Kier molecular flexibility index (Phi) is 2.95. The van der Waals surface area contributed by atoms with Crippen molar-refractivity contribution in [1.82, 2.24) is 15.5 Å². The van der Waals surface area contributed by atoms with Crippen molar-refractivity contribution in [3.63, 3.8) is 0 Å². The average Bonchev–Trinajstić information content (AvgIpc) is 2.74. The van der Waals surface area contributed by atoms with Gasteiger partial charge < -0.3 is 9.84 Å². The summed E-state index contributed by atoms with van der Waals surface area (Å²) in [5, 5.41) is 6.38. The van der Waals surface area contributed by atoms with Crippen molar-refractivity contribution < 1.29 is 9.32 Å². The first-order chi connectivity index (χ1) is 7.77. The lowest BCUT2D eigenvalue weighted by molar-refractivity contribution is 0.0949. The van der Waals surface area contributed by atoms with Crippen LogP contribution >= 0.6 is 0 Å². The van der Waals surface area contributed by atoms with E-state index < -0.39 is 0 Å². The molecule has 5 nitrogen and oxygen atoms in total. The molecule has 0 aliphatic heterocycles. The lowest BCUT2D eigenvalue weighted by Crippen LogP contribution is -2.23. The minimum Gasteiger partial charge on any atom is -0.364 e. The molecule has 82 valence electrons. The molecular weight excluding hydrogens is 206 g/mol. The van der Waals surface area contributed by atoms with Crippen LogP contribution in [0.5, 0.6) is 0 Å². The number of pyridine rings is 1. The van der Waals surface area contributed by atoms with E-state index in [4.69, 9.17) is 4.52 Å². The van der Waals surface area contributed by atoms with E-state index in [2.05, 4.69) is 15.5 Å². The Labute approximate surface area is 92.5 Å². The van der Waals surface area contributed by atoms with Crippen molar-refractivity contribution in [3.05, 3.63) is 47.6 Å². The van der Waals surface area contributed by atoms with Crippen LogP contribution in [0.2, 0.25) is 0 Å². The number of hydrogen-bond donors (Lipinski definition) is 1. The van der Waals surface area contributed by atoms with Crippen LogP contribution in [0.15, 0.2) is 35.2 Å². The van der Waals surface area contributed by atoms with E-state index in [1.807, 2.05) is 18.2 Å². The normalized spacial score (nSPS) is 10.1. The first-order valence-electron chi connectivity index (χ1n) is 4.86. The molecule has 2 rings (SSSR count). The van der Waals surface area contributed by atoms with Crippen molar-refractivity contribution in [2.45, 2.75) is 13.5 Å². The molecule has 0 bridgehead atoms. The number of aryl methyl sites for hydroxylation is 1. The fourth-order valence-electron chi connectivity index (χ4n) is 1.28. The summed E-state index contributed by atoms with van der Waals surface area (Å²) in [6, 6.07) is 5.55. The summed E-state index contributed by atoms with van der Waals surface area (Å²) in [6.07, 6.45) is 3.02. The van der Waals surface area contributed by atoms with Gasteiger partial charge in [-0.2, -0.15) is 0 Å². The predicted octanol–water partition coefficient (Wildman–Crippen LogP) is 1.31. The first kappa shape index (κ1) is 10.4. The van der Waals surface area contributed by atoms with Crippen LogP contribution in [-0.2, 0) is 6.54 Å². The Morgan fingerprint density at radius 1 is 1.50 bits per heavy atom. The second-order valence-corrected chi connectivity index (χ2v) is 3.32. The molecule has 16 heavy (non-hydrogen) atoms. The summed E-state index contributed by atoms with van der Waals surface area (Å²) in [5.74, 6) is -0.204. The molecular formula is C11H11N3O2. The summed E-state index contributed by atoms with van der Waals surface area (Å²) in [4.78, 5) is 15.8. The molecule has 0 aromatic carbocycles. The Balaban J connectivity index is 1.97. The van der Waals surface area contributed by atoms with E-state index in [-0.39, 0.29) is 5.91 Å². The maximum Gasteiger partial charge on any atom is 0.256 e. The van der Waals surface area contributed by atoms with E-state index in [0.717, 1.165) is 5.69 Å². The molecule has 0 atom stereocenters. The van der Waals surface area contributed by atoms with Crippen LogP contribution in [0.25, 0.3) is 0 Å². The highest BCUT2D eigenvalue weighted by Crippen LogP contribution is 2.04. The molecule has 0 fully saturated rings. The maximum absolute atomic E-state index is 11.7. The lowest BCUT2D eigenvalue weighted by Gasteiger charge is -2.02. The molecule has 0 radical (unpaired) electrons. The van der Waals surface area contributed by atoms with Crippen LogP contribution in [0, 0.1) is 6.92 Å². The minimum absolute atomic E-state index is 0.204. The fraction of sp³-hybridized carbons (Fsp3) is 0.182. The fourth-order valence-corrected chi connectivity index (χ4v) is 1.28. The summed E-state index contributed by atoms with van der Waals surface area (Å²) >= 11 is 0. The number of nitrogens with zero attached hydrogens (tertiary/aromatic N) is 2. The Morgan fingerprint density at radius 3 is 3.00 bits per heavy atom. The molecule has 0 unspecified atom stereocenters. The molecule has 2 aromatic heterocycles. The highest BCUT2D eigenvalue weighted by molar-refractivity contribution is 5.94. The molecule has 1 amide bonds. The molecule has 0 aliphatic carbocycles. The van der Waals surface area contributed by atoms with Gasteiger partial charge >= 0.3 is 0 Å². The Morgan fingerprint density at radius 2 is 2.38 bits per heavy atom. The maximum atomic E-state index is 11.7. The van der Waals surface area contributed by atoms with Gasteiger partial charge in [0.1, 0.15) is 11.8 Å². The smallest absolute Gasteiger partial charge is 0.256 e. The number of amides is 1. The summed E-state index contributed by atoms with van der Waals surface area (Å²) in [5.41, 5.74) is 1.85. The number of hydrogen-bond acceptors (Lipinski definition) is 4. The van der Waals surface area contributed by atoms with Gasteiger partial charge in [0.15, 0.2) is 0 Å². The second-order valence-electron chi connectivity index (χ2n) is 3.32. The number of aromatic nitrogens is 2. The summed E-state index contributed by atoms with van der Waals surface area (Å²) < 4.78 is 4.69. The molecule has 1 N–H and O–H groups in total.